The van der Waals surface area contributed by atoms with Crippen molar-refractivity contribution in [2.24, 2.45) is 5.73 Å². The van der Waals surface area contributed by atoms with E-state index in [0.717, 1.165) is 13.0 Å². The lowest BCUT2D eigenvalue weighted by molar-refractivity contribution is -0.143. The van der Waals surface area contributed by atoms with E-state index in [0.29, 0.717) is 32.2 Å². The van der Waals surface area contributed by atoms with Gasteiger partial charge in [-0.25, -0.2) is 4.79 Å². The highest BCUT2D eigenvalue weighted by Crippen LogP contribution is 2.07. The molecule has 3 atom stereocenters. The average molecular weight is 330 g/mol. The lowest BCUT2D eigenvalue weighted by atomic mass is 10.1. The van der Waals surface area contributed by atoms with Crippen molar-refractivity contribution in [1.29, 1.82) is 0 Å². The number of aliphatic hydroxyl groups is 1. The zero-order valence-electron chi connectivity index (χ0n) is 13.1. The molecule has 1 saturated heterocycles. The van der Waals surface area contributed by atoms with Gasteiger partial charge in [-0.15, -0.1) is 0 Å². The van der Waals surface area contributed by atoms with Gasteiger partial charge in [-0.2, -0.15) is 0 Å². The lowest BCUT2D eigenvalue weighted by Gasteiger charge is -2.22. The number of hydrogen-bond donors (Lipinski definition) is 6. The number of hydrogen-bond acceptors (Lipinski definition) is 6. The van der Waals surface area contributed by atoms with Gasteiger partial charge in [0.25, 0.3) is 0 Å². The zero-order valence-corrected chi connectivity index (χ0v) is 13.1. The number of aliphatic carboxylic acids is 1. The Morgan fingerprint density at radius 2 is 1.96 bits per heavy atom. The Labute approximate surface area is 135 Å². The van der Waals surface area contributed by atoms with E-state index >= 15 is 0 Å². The summed E-state index contributed by atoms with van der Waals surface area (Å²) in [7, 11) is 0. The van der Waals surface area contributed by atoms with Crippen LogP contribution in [0.25, 0.3) is 0 Å². The summed E-state index contributed by atoms with van der Waals surface area (Å²) in [4.78, 5) is 35.2. The van der Waals surface area contributed by atoms with Crippen LogP contribution in [0, 0.1) is 0 Å². The Hall–Kier alpha value is -1.71. The molecule has 0 saturated carbocycles. The van der Waals surface area contributed by atoms with Crippen LogP contribution in [0.5, 0.6) is 0 Å². The average Bonchev–Trinajstić information content (AvgIpc) is 3.05. The quantitative estimate of drug-likeness (QED) is 0.251. The molecular formula is C14H26N4O5. The third kappa shape index (κ3) is 6.51. The fraction of sp³-hybridized carbons (Fsp3) is 0.786. The maximum atomic E-state index is 12.2. The van der Waals surface area contributed by atoms with Crippen molar-refractivity contribution in [3.05, 3.63) is 0 Å². The highest BCUT2D eigenvalue weighted by Gasteiger charge is 2.29. The number of aliphatic hydroxyl groups excluding tert-OH is 1. The molecule has 1 aliphatic rings. The SMILES string of the molecule is NCCCCC(NC(=O)C1CCCN1)C(=O)NC(CO)C(=O)O. The van der Waals surface area contributed by atoms with Crippen molar-refractivity contribution in [3.63, 3.8) is 0 Å². The number of unbranched alkanes of at least 4 members (excludes halogenated alkanes) is 1. The van der Waals surface area contributed by atoms with E-state index in [1.54, 1.807) is 0 Å². The number of carboxylic acids is 1. The van der Waals surface area contributed by atoms with Crippen molar-refractivity contribution in [1.82, 2.24) is 16.0 Å². The molecule has 1 fully saturated rings. The Bertz CT molecular complexity index is 412. The fourth-order valence-electron chi connectivity index (χ4n) is 2.40. The van der Waals surface area contributed by atoms with Crippen LogP contribution in [0.1, 0.15) is 32.1 Å². The minimum absolute atomic E-state index is 0.272. The number of rotatable bonds is 10. The van der Waals surface area contributed by atoms with E-state index in [-0.39, 0.29) is 11.9 Å². The highest BCUT2D eigenvalue weighted by atomic mass is 16.4. The Kier molecular flexibility index (Phi) is 8.52. The fourth-order valence-corrected chi connectivity index (χ4v) is 2.40. The molecule has 0 aromatic rings. The summed E-state index contributed by atoms with van der Waals surface area (Å²) in [6, 6.07) is -2.56. The van der Waals surface area contributed by atoms with Crippen molar-refractivity contribution in [2.75, 3.05) is 19.7 Å². The van der Waals surface area contributed by atoms with Gasteiger partial charge in [0.1, 0.15) is 12.1 Å². The van der Waals surface area contributed by atoms with Gasteiger partial charge >= 0.3 is 5.97 Å². The first kappa shape index (κ1) is 19.3. The first-order chi connectivity index (χ1) is 11.0. The minimum Gasteiger partial charge on any atom is -0.480 e. The zero-order chi connectivity index (χ0) is 17.2. The van der Waals surface area contributed by atoms with Crippen molar-refractivity contribution in [2.45, 2.75) is 50.2 Å². The Morgan fingerprint density at radius 3 is 2.48 bits per heavy atom. The summed E-state index contributed by atoms with van der Waals surface area (Å²) < 4.78 is 0. The van der Waals surface area contributed by atoms with Gasteiger partial charge in [0.2, 0.25) is 11.8 Å². The van der Waals surface area contributed by atoms with E-state index in [4.69, 9.17) is 15.9 Å². The molecule has 0 aromatic carbocycles. The number of nitrogens with two attached hydrogens (primary N) is 1. The molecule has 9 nitrogen and oxygen atoms in total. The van der Waals surface area contributed by atoms with Crippen LogP contribution in [-0.2, 0) is 14.4 Å². The Balaban J connectivity index is 2.63. The van der Waals surface area contributed by atoms with Gasteiger partial charge in [-0.3, -0.25) is 9.59 Å². The summed E-state index contributed by atoms with van der Waals surface area (Å²) in [5.74, 6) is -2.22. The van der Waals surface area contributed by atoms with Gasteiger partial charge in [0.15, 0.2) is 0 Å². The van der Waals surface area contributed by atoms with Crippen LogP contribution < -0.4 is 21.7 Å². The molecule has 0 spiro atoms. The topological polar surface area (TPSA) is 154 Å². The molecule has 9 heteroatoms. The molecule has 23 heavy (non-hydrogen) atoms. The second kappa shape index (κ2) is 10.1. The summed E-state index contributed by atoms with van der Waals surface area (Å²) in [6.45, 7) is 0.517. The van der Waals surface area contributed by atoms with Gasteiger partial charge in [-0.1, -0.05) is 0 Å². The first-order valence-electron chi connectivity index (χ1n) is 7.87. The molecule has 3 unspecified atom stereocenters. The van der Waals surface area contributed by atoms with E-state index in [2.05, 4.69) is 16.0 Å². The number of amides is 2. The molecule has 0 aromatic heterocycles. The van der Waals surface area contributed by atoms with Gasteiger partial charge < -0.3 is 31.9 Å². The molecular weight excluding hydrogens is 304 g/mol. The number of nitrogens with one attached hydrogen (secondary N) is 3. The van der Waals surface area contributed by atoms with Crippen LogP contribution in [0.3, 0.4) is 0 Å². The third-order valence-corrected chi connectivity index (χ3v) is 3.75. The van der Waals surface area contributed by atoms with Crippen LogP contribution in [0.15, 0.2) is 0 Å². The summed E-state index contributed by atoms with van der Waals surface area (Å²) >= 11 is 0. The van der Waals surface area contributed by atoms with Crippen LogP contribution in [0.2, 0.25) is 0 Å². The second-order valence-electron chi connectivity index (χ2n) is 5.58. The van der Waals surface area contributed by atoms with E-state index < -0.39 is 30.6 Å². The molecule has 0 aliphatic carbocycles. The summed E-state index contributed by atoms with van der Waals surface area (Å²) in [5.41, 5.74) is 5.42. The van der Waals surface area contributed by atoms with Gasteiger partial charge in [-0.05, 0) is 45.2 Å². The summed E-state index contributed by atoms with van der Waals surface area (Å²) in [6.07, 6.45) is 3.29. The normalized spacial score (nSPS) is 19.8. The van der Waals surface area contributed by atoms with E-state index in [1.807, 2.05) is 0 Å². The highest BCUT2D eigenvalue weighted by molar-refractivity contribution is 5.91. The maximum Gasteiger partial charge on any atom is 0.328 e. The first-order valence-corrected chi connectivity index (χ1v) is 7.87. The second-order valence-corrected chi connectivity index (χ2v) is 5.58. The molecule has 2 amide bonds. The molecule has 132 valence electrons. The lowest BCUT2D eigenvalue weighted by Crippen LogP contribution is -2.55. The predicted molar refractivity (Wildman–Crippen MR) is 82.5 cm³/mol. The predicted octanol–water partition coefficient (Wildman–Crippen LogP) is -2.09. The number of carboxylic acid groups (broad SMARTS) is 1. The molecule has 1 rings (SSSR count). The standard InChI is InChI=1S/C14H26N4O5/c15-6-2-1-4-10(13(21)18-11(8-19)14(22)23)17-12(20)9-5-3-7-16-9/h9-11,16,19H,1-8,15H2,(H,17,20)(H,18,21)(H,22,23). The smallest absolute Gasteiger partial charge is 0.328 e. The van der Waals surface area contributed by atoms with E-state index in [9.17, 15) is 14.4 Å². The molecule has 7 N–H and O–H groups in total. The maximum absolute atomic E-state index is 12.2. The Morgan fingerprint density at radius 1 is 1.22 bits per heavy atom. The van der Waals surface area contributed by atoms with E-state index in [1.165, 1.54) is 0 Å². The van der Waals surface area contributed by atoms with Crippen LogP contribution in [-0.4, -0.2) is 65.8 Å². The van der Waals surface area contributed by atoms with Gasteiger partial charge in [0, 0.05) is 0 Å². The van der Waals surface area contributed by atoms with Crippen LogP contribution >= 0.6 is 0 Å². The summed E-state index contributed by atoms with van der Waals surface area (Å²) in [5, 5.41) is 25.8. The molecule has 0 radical (unpaired) electrons. The van der Waals surface area contributed by atoms with Gasteiger partial charge in [0.05, 0.1) is 12.6 Å². The third-order valence-electron chi connectivity index (χ3n) is 3.75. The largest absolute Gasteiger partial charge is 0.480 e. The monoisotopic (exact) mass is 330 g/mol. The molecule has 1 heterocycles. The molecule has 0 bridgehead atoms. The minimum atomic E-state index is -1.39. The van der Waals surface area contributed by atoms with Crippen molar-refractivity contribution in [3.8, 4) is 0 Å². The number of carbonyl (C=O) groups excluding carboxylic acids is 2. The van der Waals surface area contributed by atoms with Crippen molar-refractivity contribution >= 4 is 17.8 Å². The van der Waals surface area contributed by atoms with Crippen LogP contribution in [0.4, 0.5) is 0 Å². The van der Waals surface area contributed by atoms with Crippen molar-refractivity contribution < 1.29 is 24.6 Å². The molecule has 1 aliphatic heterocycles. The number of carbonyl (C=O) groups is 3.